The maximum Gasteiger partial charge on any atom is 0.251 e. The van der Waals surface area contributed by atoms with Crippen LogP contribution in [0.1, 0.15) is 28.6 Å². The van der Waals surface area contributed by atoms with Crippen molar-refractivity contribution in [1.29, 1.82) is 0 Å². The Morgan fingerprint density at radius 2 is 2.31 bits per heavy atom. The average molecular weight is 375 g/mol. The number of pyridine rings is 1. The van der Waals surface area contributed by atoms with Crippen LogP contribution in [0.4, 0.5) is 5.82 Å². The lowest BCUT2D eigenvalue weighted by Gasteiger charge is -2.41. The van der Waals surface area contributed by atoms with Gasteiger partial charge in [0.25, 0.3) is 5.91 Å². The molecule has 1 fully saturated rings. The van der Waals surface area contributed by atoms with Crippen molar-refractivity contribution in [2.45, 2.75) is 25.9 Å². The number of thiophene rings is 1. The number of aromatic nitrogens is 1. The van der Waals surface area contributed by atoms with Crippen LogP contribution in [0.5, 0.6) is 0 Å². The number of anilines is 1. The molecule has 2 aromatic rings. The van der Waals surface area contributed by atoms with Crippen molar-refractivity contribution in [3.05, 3.63) is 46.3 Å². The van der Waals surface area contributed by atoms with Crippen LogP contribution in [0.2, 0.25) is 0 Å². The van der Waals surface area contributed by atoms with Crippen molar-refractivity contribution in [2.24, 2.45) is 0 Å². The molecule has 3 heterocycles. The van der Waals surface area contributed by atoms with Gasteiger partial charge in [0.2, 0.25) is 0 Å². The number of rotatable bonds is 7. The molecule has 1 amide bonds. The van der Waals surface area contributed by atoms with Gasteiger partial charge in [-0.15, -0.1) is 11.3 Å². The summed E-state index contributed by atoms with van der Waals surface area (Å²) in [5.41, 5.74) is 0.636. The second-order valence-electron chi connectivity index (χ2n) is 6.42. The van der Waals surface area contributed by atoms with Gasteiger partial charge in [0, 0.05) is 62.0 Å². The lowest BCUT2D eigenvalue weighted by atomic mass is 10.1. The minimum atomic E-state index is -0.0700. The molecule has 2 aromatic heterocycles. The highest BCUT2D eigenvalue weighted by Crippen LogP contribution is 2.22. The van der Waals surface area contributed by atoms with E-state index in [1.165, 1.54) is 4.88 Å². The molecule has 0 bridgehead atoms. The maximum atomic E-state index is 12.1. The summed E-state index contributed by atoms with van der Waals surface area (Å²) in [7, 11) is 0. The predicted octanol–water partition coefficient (Wildman–Crippen LogP) is 1.97. The summed E-state index contributed by atoms with van der Waals surface area (Å²) in [5, 5.41) is 14.4. The molecular weight excluding hydrogens is 348 g/mol. The highest BCUT2D eigenvalue weighted by Gasteiger charge is 2.27. The Hall–Kier alpha value is -1.96. The van der Waals surface area contributed by atoms with E-state index >= 15 is 0 Å². The first-order chi connectivity index (χ1) is 12.7. The van der Waals surface area contributed by atoms with Gasteiger partial charge in [-0.1, -0.05) is 6.07 Å². The Bertz CT molecular complexity index is 707. The van der Waals surface area contributed by atoms with E-state index in [0.29, 0.717) is 12.1 Å². The fourth-order valence-corrected chi connectivity index (χ4v) is 4.06. The second-order valence-corrected chi connectivity index (χ2v) is 7.46. The molecule has 26 heavy (non-hydrogen) atoms. The molecule has 1 aliphatic rings. The zero-order chi connectivity index (χ0) is 18.4. The van der Waals surface area contributed by atoms with Crippen LogP contribution in [0.3, 0.4) is 0 Å². The quantitative estimate of drug-likeness (QED) is 0.775. The van der Waals surface area contributed by atoms with Crippen molar-refractivity contribution >= 4 is 23.1 Å². The van der Waals surface area contributed by atoms with Gasteiger partial charge < -0.3 is 15.3 Å². The third-order valence-electron chi connectivity index (χ3n) is 4.68. The van der Waals surface area contributed by atoms with Gasteiger partial charge in [0.15, 0.2) is 0 Å². The number of piperazine rings is 1. The van der Waals surface area contributed by atoms with Crippen LogP contribution in [-0.2, 0) is 6.54 Å². The number of hydrogen-bond donors (Lipinski definition) is 2. The molecule has 0 radical (unpaired) electrons. The third kappa shape index (κ3) is 4.60. The Kier molecular flexibility index (Phi) is 6.60. The monoisotopic (exact) mass is 374 g/mol. The summed E-state index contributed by atoms with van der Waals surface area (Å²) in [6, 6.07) is 8.10. The molecule has 0 aromatic carbocycles. The predicted molar refractivity (Wildman–Crippen MR) is 105 cm³/mol. The summed E-state index contributed by atoms with van der Waals surface area (Å²) >= 11 is 1.77. The lowest BCUT2D eigenvalue weighted by molar-refractivity contribution is 0.0955. The first kappa shape index (κ1) is 18.8. The van der Waals surface area contributed by atoms with Crippen molar-refractivity contribution in [1.82, 2.24) is 15.2 Å². The zero-order valence-corrected chi connectivity index (χ0v) is 15.9. The Balaban J connectivity index is 1.70. The summed E-state index contributed by atoms with van der Waals surface area (Å²) in [6.07, 6.45) is 2.43. The van der Waals surface area contributed by atoms with E-state index < -0.39 is 0 Å². The molecule has 0 spiro atoms. The summed E-state index contributed by atoms with van der Waals surface area (Å²) in [6.45, 7) is 6.18. The molecule has 2 N–H and O–H groups in total. The van der Waals surface area contributed by atoms with Crippen LogP contribution in [0.15, 0.2) is 35.8 Å². The number of amides is 1. The van der Waals surface area contributed by atoms with Gasteiger partial charge in [0.1, 0.15) is 5.82 Å². The topological polar surface area (TPSA) is 68.7 Å². The summed E-state index contributed by atoms with van der Waals surface area (Å²) < 4.78 is 0. The standard InChI is InChI=1S/C19H26N4O2S/c1-2-20-19(25)15-5-7-21-18(12-15)23-9-8-22(16(13-23)6-10-24)14-17-4-3-11-26-17/h3-5,7,11-12,16,24H,2,6,8-10,13-14H2,1H3,(H,20,25)/t16-/m0/s1. The van der Waals surface area contributed by atoms with Crippen molar-refractivity contribution in [3.63, 3.8) is 0 Å². The number of aliphatic hydroxyl groups is 1. The maximum absolute atomic E-state index is 12.1. The normalized spacial score (nSPS) is 18.1. The smallest absolute Gasteiger partial charge is 0.251 e. The Labute approximate surface area is 158 Å². The number of nitrogens with zero attached hydrogens (tertiary/aromatic N) is 3. The molecular formula is C19H26N4O2S. The number of carbonyl (C=O) groups is 1. The Morgan fingerprint density at radius 1 is 1.42 bits per heavy atom. The molecule has 6 nitrogen and oxygen atoms in total. The minimum Gasteiger partial charge on any atom is -0.396 e. The molecule has 3 rings (SSSR count). The van der Waals surface area contributed by atoms with Crippen LogP contribution < -0.4 is 10.2 Å². The van der Waals surface area contributed by atoms with E-state index in [4.69, 9.17) is 0 Å². The van der Waals surface area contributed by atoms with Crippen molar-refractivity contribution in [2.75, 3.05) is 37.7 Å². The highest BCUT2D eigenvalue weighted by atomic mass is 32.1. The molecule has 1 saturated heterocycles. The Morgan fingerprint density at radius 3 is 3.04 bits per heavy atom. The van der Waals surface area contributed by atoms with Gasteiger partial charge >= 0.3 is 0 Å². The highest BCUT2D eigenvalue weighted by molar-refractivity contribution is 7.09. The largest absolute Gasteiger partial charge is 0.396 e. The zero-order valence-electron chi connectivity index (χ0n) is 15.1. The van der Waals surface area contributed by atoms with E-state index in [1.54, 1.807) is 23.6 Å². The van der Waals surface area contributed by atoms with Gasteiger partial charge in [-0.2, -0.15) is 0 Å². The average Bonchev–Trinajstić information content (AvgIpc) is 3.17. The van der Waals surface area contributed by atoms with E-state index in [-0.39, 0.29) is 18.6 Å². The molecule has 1 aliphatic heterocycles. The van der Waals surface area contributed by atoms with Crippen LogP contribution in [0.25, 0.3) is 0 Å². The molecule has 1 atom stereocenters. The summed E-state index contributed by atoms with van der Waals surface area (Å²) in [5.74, 6) is 0.756. The molecule has 0 aliphatic carbocycles. The van der Waals surface area contributed by atoms with Crippen LogP contribution in [-0.4, -0.2) is 59.7 Å². The van der Waals surface area contributed by atoms with E-state index in [9.17, 15) is 9.90 Å². The van der Waals surface area contributed by atoms with Crippen LogP contribution in [0, 0.1) is 0 Å². The number of carbonyl (C=O) groups excluding carboxylic acids is 1. The van der Waals surface area contributed by atoms with Gasteiger partial charge in [-0.3, -0.25) is 9.69 Å². The van der Waals surface area contributed by atoms with E-state index in [1.807, 2.05) is 13.0 Å². The van der Waals surface area contributed by atoms with Crippen molar-refractivity contribution < 1.29 is 9.90 Å². The van der Waals surface area contributed by atoms with E-state index in [2.05, 4.69) is 37.6 Å². The molecule has 0 saturated carbocycles. The van der Waals surface area contributed by atoms with Gasteiger partial charge in [-0.25, -0.2) is 4.98 Å². The first-order valence-corrected chi connectivity index (χ1v) is 9.95. The SMILES string of the molecule is CCNC(=O)c1ccnc(N2CCN(Cc3cccs3)[C@@H](CCO)C2)c1. The van der Waals surface area contributed by atoms with Crippen LogP contribution >= 0.6 is 11.3 Å². The third-order valence-corrected chi connectivity index (χ3v) is 5.54. The second kappa shape index (κ2) is 9.12. The van der Waals surface area contributed by atoms with E-state index in [0.717, 1.165) is 38.4 Å². The number of nitrogens with one attached hydrogen (secondary N) is 1. The fourth-order valence-electron chi connectivity index (χ4n) is 3.33. The number of hydrogen-bond acceptors (Lipinski definition) is 6. The first-order valence-electron chi connectivity index (χ1n) is 9.07. The summed E-state index contributed by atoms with van der Waals surface area (Å²) in [4.78, 5) is 22.5. The minimum absolute atomic E-state index is 0.0700. The van der Waals surface area contributed by atoms with Gasteiger partial charge in [0.05, 0.1) is 0 Å². The molecule has 0 unspecified atom stereocenters. The van der Waals surface area contributed by atoms with Crippen molar-refractivity contribution in [3.8, 4) is 0 Å². The van der Waals surface area contributed by atoms with Gasteiger partial charge in [-0.05, 0) is 36.9 Å². The lowest BCUT2D eigenvalue weighted by Crippen LogP contribution is -2.53. The number of aliphatic hydroxyl groups excluding tert-OH is 1. The molecule has 140 valence electrons. The fraction of sp³-hybridized carbons (Fsp3) is 0.474. The molecule has 7 heteroatoms.